The maximum atomic E-state index is 12.6. The summed E-state index contributed by atoms with van der Waals surface area (Å²) in [6, 6.07) is 25.3. The first kappa shape index (κ1) is 20.5. The molecule has 0 bridgehead atoms. The maximum Gasteiger partial charge on any atom is 0.309 e. The summed E-state index contributed by atoms with van der Waals surface area (Å²) in [5, 5.41) is 10.5. The molecule has 0 fully saturated rings. The molecule has 0 aromatic heterocycles. The van der Waals surface area contributed by atoms with Gasteiger partial charge in [-0.2, -0.15) is 10.2 Å². The molecule has 0 saturated heterocycles. The van der Waals surface area contributed by atoms with Gasteiger partial charge in [-0.1, -0.05) is 66.2 Å². The zero-order valence-corrected chi connectivity index (χ0v) is 16.4. The molecule has 0 aliphatic heterocycles. The third-order valence-electron chi connectivity index (χ3n) is 4.01. The van der Waals surface area contributed by atoms with Crippen LogP contribution in [0.2, 0.25) is 0 Å². The maximum absolute atomic E-state index is 12.6. The predicted molar refractivity (Wildman–Crippen MR) is 118 cm³/mol. The Bertz CT molecular complexity index is 1050. The Morgan fingerprint density at radius 1 is 0.833 bits per heavy atom. The Kier molecular flexibility index (Phi) is 7.05. The van der Waals surface area contributed by atoms with Crippen molar-refractivity contribution in [1.82, 2.24) is 10.7 Å². The second-order valence-corrected chi connectivity index (χ2v) is 6.37. The molecule has 3 N–H and O–H groups in total. The highest BCUT2D eigenvalue weighted by Crippen LogP contribution is 2.05. The number of carbonyl (C=O) groups is 2. The first-order valence-corrected chi connectivity index (χ1v) is 9.27. The molecule has 0 saturated carbocycles. The molecular formula is C23H21N5O2. The van der Waals surface area contributed by atoms with Gasteiger partial charge in [-0.05, 0) is 36.8 Å². The Morgan fingerprint density at radius 2 is 1.47 bits per heavy atom. The molecule has 2 amide bonds. The lowest BCUT2D eigenvalue weighted by atomic mass is 10.2. The molecule has 7 nitrogen and oxygen atoms in total. The molecule has 3 aromatic rings. The summed E-state index contributed by atoms with van der Waals surface area (Å²) in [6.07, 6.45) is 1.51. The van der Waals surface area contributed by atoms with Gasteiger partial charge < -0.3 is 5.32 Å². The number of para-hydroxylation sites is 1. The largest absolute Gasteiger partial charge is 0.309 e. The summed E-state index contributed by atoms with van der Waals surface area (Å²) in [5.74, 6) is -1.33. The van der Waals surface area contributed by atoms with Gasteiger partial charge in [0.1, 0.15) is 0 Å². The van der Waals surface area contributed by atoms with Crippen LogP contribution in [-0.4, -0.2) is 23.9 Å². The van der Waals surface area contributed by atoms with Crippen molar-refractivity contribution in [1.29, 1.82) is 0 Å². The van der Waals surface area contributed by atoms with Crippen LogP contribution >= 0.6 is 0 Å². The van der Waals surface area contributed by atoms with Gasteiger partial charge in [0.05, 0.1) is 11.9 Å². The number of anilines is 1. The molecule has 150 valence electrons. The minimum absolute atomic E-state index is 0.214. The number of amidine groups is 1. The zero-order valence-electron chi connectivity index (χ0n) is 16.4. The highest BCUT2D eigenvalue weighted by Gasteiger charge is 2.16. The standard InChI is InChI=1S/C23H21N5O2/c1-17-12-14-18(15-13-17)16-24-28-23(30)21(27-26-20-10-6-3-7-11-20)25-22(29)19-8-4-2-5-9-19/h2-16,26H,1H3,(H,28,30)(H,25,27,29)/b24-16-. The van der Waals surface area contributed by atoms with E-state index in [0.29, 0.717) is 11.3 Å². The lowest BCUT2D eigenvalue weighted by Crippen LogP contribution is -2.42. The van der Waals surface area contributed by atoms with E-state index >= 15 is 0 Å². The monoisotopic (exact) mass is 399 g/mol. The minimum atomic E-state index is -0.661. The lowest BCUT2D eigenvalue weighted by molar-refractivity contribution is -0.115. The zero-order chi connectivity index (χ0) is 21.2. The molecule has 0 unspecified atom stereocenters. The molecule has 0 aliphatic rings. The second-order valence-electron chi connectivity index (χ2n) is 6.37. The molecule has 30 heavy (non-hydrogen) atoms. The minimum Gasteiger partial charge on any atom is -0.300 e. The van der Waals surface area contributed by atoms with E-state index in [0.717, 1.165) is 11.1 Å². The Hall–Kier alpha value is -4.26. The van der Waals surface area contributed by atoms with Crippen LogP contribution in [0.25, 0.3) is 0 Å². The van der Waals surface area contributed by atoms with E-state index in [1.807, 2.05) is 49.4 Å². The van der Waals surface area contributed by atoms with Crippen LogP contribution in [0.5, 0.6) is 0 Å². The third-order valence-corrected chi connectivity index (χ3v) is 4.01. The first-order valence-electron chi connectivity index (χ1n) is 9.27. The molecule has 3 aromatic carbocycles. The molecule has 0 spiro atoms. The Labute approximate surface area is 174 Å². The lowest BCUT2D eigenvalue weighted by Gasteiger charge is -2.08. The fraction of sp³-hybridized carbons (Fsp3) is 0.0435. The van der Waals surface area contributed by atoms with E-state index in [4.69, 9.17) is 0 Å². The van der Waals surface area contributed by atoms with Gasteiger partial charge in [-0.3, -0.25) is 15.0 Å². The molecule has 3 rings (SSSR count). The number of hydrogen-bond acceptors (Lipinski definition) is 5. The van der Waals surface area contributed by atoms with Crippen LogP contribution in [0.4, 0.5) is 5.69 Å². The molecular weight excluding hydrogens is 378 g/mol. The van der Waals surface area contributed by atoms with Gasteiger partial charge in [0.25, 0.3) is 5.91 Å². The van der Waals surface area contributed by atoms with Crippen molar-refractivity contribution in [2.75, 3.05) is 5.43 Å². The van der Waals surface area contributed by atoms with Crippen LogP contribution in [0, 0.1) is 6.92 Å². The number of nitrogens with one attached hydrogen (secondary N) is 3. The molecule has 7 heteroatoms. The predicted octanol–water partition coefficient (Wildman–Crippen LogP) is 3.30. The SMILES string of the molecule is Cc1ccc(/C=N\NC(=O)/C(=N\Nc2ccccc2)NC(=O)c2ccccc2)cc1. The van der Waals surface area contributed by atoms with Crippen molar-refractivity contribution in [3.8, 4) is 0 Å². The van der Waals surface area contributed by atoms with E-state index in [1.54, 1.807) is 42.5 Å². The van der Waals surface area contributed by atoms with Gasteiger partial charge in [0.15, 0.2) is 0 Å². The molecule has 0 radical (unpaired) electrons. The number of benzene rings is 3. The van der Waals surface area contributed by atoms with E-state index in [1.165, 1.54) is 6.21 Å². The van der Waals surface area contributed by atoms with Crippen molar-refractivity contribution < 1.29 is 9.59 Å². The van der Waals surface area contributed by atoms with Gasteiger partial charge in [-0.25, -0.2) is 5.43 Å². The van der Waals surface area contributed by atoms with Crippen LogP contribution in [-0.2, 0) is 4.79 Å². The van der Waals surface area contributed by atoms with Crippen molar-refractivity contribution in [2.45, 2.75) is 6.92 Å². The number of aryl methyl sites for hydroxylation is 1. The average molecular weight is 399 g/mol. The second kappa shape index (κ2) is 10.3. The van der Waals surface area contributed by atoms with Crippen molar-refractivity contribution >= 4 is 29.6 Å². The summed E-state index contributed by atoms with van der Waals surface area (Å²) in [6.45, 7) is 1.99. The van der Waals surface area contributed by atoms with Gasteiger partial charge in [0, 0.05) is 5.56 Å². The normalized spacial score (nSPS) is 11.2. The molecule has 0 aliphatic carbocycles. The van der Waals surface area contributed by atoms with Crippen LogP contribution in [0.15, 0.2) is 95.1 Å². The van der Waals surface area contributed by atoms with Crippen LogP contribution in [0.1, 0.15) is 21.5 Å². The topological polar surface area (TPSA) is 94.9 Å². The average Bonchev–Trinajstić information content (AvgIpc) is 2.79. The van der Waals surface area contributed by atoms with Gasteiger partial charge in [-0.15, -0.1) is 0 Å². The summed E-state index contributed by atoms with van der Waals surface area (Å²) >= 11 is 0. The molecule has 0 atom stereocenters. The third kappa shape index (κ3) is 6.13. The number of carbonyl (C=O) groups excluding carboxylic acids is 2. The number of rotatable bonds is 5. The summed E-state index contributed by atoms with van der Waals surface area (Å²) in [4.78, 5) is 25.0. The quantitative estimate of drug-likeness (QED) is 0.349. The van der Waals surface area contributed by atoms with Crippen molar-refractivity contribution in [3.63, 3.8) is 0 Å². The number of amides is 2. The number of hydrazone groups is 2. The van der Waals surface area contributed by atoms with E-state index in [9.17, 15) is 9.59 Å². The molecule has 0 heterocycles. The number of hydrogen-bond donors (Lipinski definition) is 3. The van der Waals surface area contributed by atoms with Crippen LogP contribution < -0.4 is 16.2 Å². The van der Waals surface area contributed by atoms with Crippen molar-refractivity contribution in [2.24, 2.45) is 10.2 Å². The fourth-order valence-corrected chi connectivity index (χ4v) is 2.41. The number of nitrogens with zero attached hydrogens (tertiary/aromatic N) is 2. The van der Waals surface area contributed by atoms with Crippen molar-refractivity contribution in [3.05, 3.63) is 102 Å². The van der Waals surface area contributed by atoms with E-state index in [2.05, 4.69) is 26.4 Å². The first-order chi connectivity index (χ1) is 14.6. The fourth-order valence-electron chi connectivity index (χ4n) is 2.41. The Balaban J connectivity index is 1.72. The van der Waals surface area contributed by atoms with Gasteiger partial charge >= 0.3 is 5.91 Å². The summed E-state index contributed by atoms with van der Waals surface area (Å²) in [5.41, 5.74) is 8.17. The highest BCUT2D eigenvalue weighted by molar-refractivity contribution is 6.41. The van der Waals surface area contributed by atoms with Crippen LogP contribution in [0.3, 0.4) is 0 Å². The smallest absolute Gasteiger partial charge is 0.300 e. The van der Waals surface area contributed by atoms with E-state index < -0.39 is 11.8 Å². The van der Waals surface area contributed by atoms with Gasteiger partial charge in [0.2, 0.25) is 5.84 Å². The highest BCUT2D eigenvalue weighted by atomic mass is 16.2. The summed E-state index contributed by atoms with van der Waals surface area (Å²) < 4.78 is 0. The Morgan fingerprint density at radius 3 is 2.13 bits per heavy atom. The summed E-state index contributed by atoms with van der Waals surface area (Å²) in [7, 11) is 0. The van der Waals surface area contributed by atoms with E-state index in [-0.39, 0.29) is 5.84 Å².